The van der Waals surface area contributed by atoms with Crippen molar-refractivity contribution in [1.29, 1.82) is 0 Å². The molecule has 0 aliphatic rings. The van der Waals surface area contributed by atoms with Gasteiger partial charge in [0.15, 0.2) is 6.10 Å². The molecule has 3 aromatic rings. The lowest BCUT2D eigenvalue weighted by atomic mass is 10.1. The third-order valence-electron chi connectivity index (χ3n) is 5.06. The number of aryl methyl sites for hydroxylation is 3. The van der Waals surface area contributed by atoms with Gasteiger partial charge in [0.05, 0.1) is 10.7 Å². The van der Waals surface area contributed by atoms with Gasteiger partial charge in [0.25, 0.3) is 5.91 Å². The fourth-order valence-corrected chi connectivity index (χ4v) is 3.43. The van der Waals surface area contributed by atoms with Crippen LogP contribution < -0.4 is 10.4 Å². The molecule has 8 heteroatoms. The summed E-state index contributed by atoms with van der Waals surface area (Å²) < 4.78 is 12.9. The summed E-state index contributed by atoms with van der Waals surface area (Å²) in [6, 6.07) is 3.25. The number of amides is 1. The summed E-state index contributed by atoms with van der Waals surface area (Å²) in [6.45, 7) is 7.53. The van der Waals surface area contributed by atoms with Crippen LogP contribution in [0.4, 0.5) is 0 Å². The van der Waals surface area contributed by atoms with E-state index in [0.29, 0.717) is 22.7 Å². The molecule has 0 fully saturated rings. The highest BCUT2D eigenvalue weighted by molar-refractivity contribution is 6.32. The number of nitrogens with zero attached hydrogens (tertiary/aromatic N) is 3. The van der Waals surface area contributed by atoms with E-state index in [1.54, 1.807) is 42.6 Å². The third kappa shape index (κ3) is 4.15. The fourth-order valence-electron chi connectivity index (χ4n) is 3.22. The number of carbonyl (C=O) groups excluding carboxylic acids is 1. The van der Waals surface area contributed by atoms with Gasteiger partial charge >= 0.3 is 5.63 Å². The van der Waals surface area contributed by atoms with Crippen LogP contribution in [0.3, 0.4) is 0 Å². The van der Waals surface area contributed by atoms with Gasteiger partial charge in [-0.3, -0.25) is 9.48 Å². The quantitative estimate of drug-likeness (QED) is 0.593. The summed E-state index contributed by atoms with van der Waals surface area (Å²) in [6.07, 6.45) is 1.11. The van der Waals surface area contributed by atoms with Crippen molar-refractivity contribution in [2.24, 2.45) is 7.05 Å². The monoisotopic (exact) mass is 417 g/mol. The maximum absolute atomic E-state index is 12.8. The van der Waals surface area contributed by atoms with E-state index in [4.69, 9.17) is 20.8 Å². The fraction of sp³-hybridized carbons (Fsp3) is 0.381. The Labute approximate surface area is 173 Å². The minimum atomic E-state index is -0.773. The van der Waals surface area contributed by atoms with Crippen molar-refractivity contribution in [2.45, 2.75) is 40.3 Å². The van der Waals surface area contributed by atoms with Crippen LogP contribution in [0, 0.1) is 20.8 Å². The van der Waals surface area contributed by atoms with Gasteiger partial charge in [0.1, 0.15) is 11.3 Å². The second kappa shape index (κ2) is 7.91. The van der Waals surface area contributed by atoms with E-state index in [0.717, 1.165) is 22.2 Å². The molecule has 1 atom stereocenters. The summed E-state index contributed by atoms with van der Waals surface area (Å²) >= 11 is 6.37. The normalized spacial score (nSPS) is 12.2. The maximum atomic E-state index is 12.8. The second-order valence-corrected chi connectivity index (χ2v) is 7.69. The average Bonchev–Trinajstić information content (AvgIpc) is 2.97. The Hall–Kier alpha value is -2.80. The highest BCUT2D eigenvalue weighted by Crippen LogP contribution is 2.32. The molecule has 0 radical (unpaired) electrons. The van der Waals surface area contributed by atoms with E-state index in [9.17, 15) is 9.59 Å². The first-order valence-electron chi connectivity index (χ1n) is 9.22. The Kier molecular flexibility index (Phi) is 5.71. The molecule has 0 aliphatic carbocycles. The van der Waals surface area contributed by atoms with Crippen molar-refractivity contribution >= 4 is 28.5 Å². The standard InChI is InChI=1S/C21H24ClN3O4/c1-11-12(2)21(27)29-18-8-19(17(22)7-16(11)18)28-14(4)20(26)24(5)9-15-10-25(6)23-13(15)3/h7-8,10,14H,9H2,1-6H3. The number of hydrogen-bond acceptors (Lipinski definition) is 5. The Morgan fingerprint density at radius 3 is 2.62 bits per heavy atom. The molecule has 0 saturated heterocycles. The van der Waals surface area contributed by atoms with Crippen molar-refractivity contribution in [3.63, 3.8) is 0 Å². The smallest absolute Gasteiger partial charge is 0.339 e. The summed E-state index contributed by atoms with van der Waals surface area (Å²) in [5, 5.41) is 5.38. The lowest BCUT2D eigenvalue weighted by molar-refractivity contribution is -0.137. The highest BCUT2D eigenvalue weighted by atomic mass is 35.5. The third-order valence-corrected chi connectivity index (χ3v) is 5.36. The number of benzene rings is 1. The van der Waals surface area contributed by atoms with Crippen LogP contribution in [-0.4, -0.2) is 33.7 Å². The molecule has 7 nitrogen and oxygen atoms in total. The van der Waals surface area contributed by atoms with Crippen molar-refractivity contribution in [1.82, 2.24) is 14.7 Å². The van der Waals surface area contributed by atoms with Crippen molar-refractivity contribution in [3.8, 4) is 5.75 Å². The Morgan fingerprint density at radius 1 is 1.31 bits per heavy atom. The summed E-state index contributed by atoms with van der Waals surface area (Å²) in [5.74, 6) is 0.0864. The number of aromatic nitrogens is 2. The largest absolute Gasteiger partial charge is 0.479 e. The van der Waals surface area contributed by atoms with Crippen LogP contribution >= 0.6 is 11.6 Å². The molecule has 0 bridgehead atoms. The molecule has 3 rings (SSSR count). The lowest BCUT2D eigenvalue weighted by Gasteiger charge is -2.22. The molecule has 2 heterocycles. The zero-order valence-corrected chi connectivity index (χ0v) is 18.1. The number of carbonyl (C=O) groups is 1. The van der Waals surface area contributed by atoms with Crippen LogP contribution in [0.15, 0.2) is 27.5 Å². The zero-order chi connectivity index (χ0) is 21.5. The molecule has 0 aliphatic heterocycles. The zero-order valence-electron chi connectivity index (χ0n) is 17.4. The van der Waals surface area contributed by atoms with Crippen LogP contribution in [0.5, 0.6) is 5.75 Å². The molecule has 0 N–H and O–H groups in total. The first kappa shape index (κ1) is 20.9. The number of halogens is 1. The Balaban J connectivity index is 1.81. The van der Waals surface area contributed by atoms with Crippen LogP contribution in [-0.2, 0) is 18.4 Å². The molecule has 0 spiro atoms. The van der Waals surface area contributed by atoms with Crippen molar-refractivity contribution in [2.75, 3.05) is 7.05 Å². The van der Waals surface area contributed by atoms with E-state index in [-0.39, 0.29) is 11.7 Å². The van der Waals surface area contributed by atoms with Gasteiger partial charge < -0.3 is 14.1 Å². The first-order chi connectivity index (χ1) is 13.6. The highest BCUT2D eigenvalue weighted by Gasteiger charge is 2.22. The number of fused-ring (bicyclic) bond motifs is 1. The molecule has 0 saturated carbocycles. The van der Waals surface area contributed by atoms with Crippen LogP contribution in [0.25, 0.3) is 11.0 Å². The van der Waals surface area contributed by atoms with E-state index >= 15 is 0 Å². The molecule has 1 unspecified atom stereocenters. The molecular weight excluding hydrogens is 394 g/mol. The predicted molar refractivity (Wildman–Crippen MR) is 111 cm³/mol. The molecule has 1 aromatic carbocycles. The van der Waals surface area contributed by atoms with Gasteiger partial charge in [-0.25, -0.2) is 4.79 Å². The number of rotatable bonds is 5. The Bertz CT molecular complexity index is 1150. The van der Waals surface area contributed by atoms with E-state index in [1.165, 1.54) is 0 Å². The van der Waals surface area contributed by atoms with E-state index in [1.807, 2.05) is 27.1 Å². The lowest BCUT2D eigenvalue weighted by Crippen LogP contribution is -2.37. The van der Waals surface area contributed by atoms with E-state index in [2.05, 4.69) is 5.10 Å². The number of hydrogen-bond donors (Lipinski definition) is 0. The SMILES string of the molecule is Cc1nn(C)cc1CN(C)C(=O)C(C)Oc1cc2oc(=O)c(C)c(C)c2cc1Cl. The predicted octanol–water partition coefficient (Wildman–Crippen LogP) is 3.53. The van der Waals surface area contributed by atoms with Crippen LogP contribution in [0.2, 0.25) is 5.02 Å². The van der Waals surface area contributed by atoms with Crippen LogP contribution in [0.1, 0.15) is 29.3 Å². The topological polar surface area (TPSA) is 77.6 Å². The minimum Gasteiger partial charge on any atom is -0.479 e. The van der Waals surface area contributed by atoms with Crippen molar-refractivity contribution < 1.29 is 13.9 Å². The maximum Gasteiger partial charge on any atom is 0.339 e. The second-order valence-electron chi connectivity index (χ2n) is 7.29. The summed E-state index contributed by atoms with van der Waals surface area (Å²) in [5.41, 5.74) is 3.15. The number of likely N-dealkylation sites (N-methyl/N-ethyl adjacent to an activating group) is 1. The van der Waals surface area contributed by atoms with Gasteiger partial charge in [-0.2, -0.15) is 5.10 Å². The van der Waals surface area contributed by atoms with Gasteiger partial charge in [-0.1, -0.05) is 11.6 Å². The van der Waals surface area contributed by atoms with Gasteiger partial charge in [0, 0.05) is 49.4 Å². The van der Waals surface area contributed by atoms with Crippen molar-refractivity contribution in [3.05, 3.63) is 56.2 Å². The first-order valence-corrected chi connectivity index (χ1v) is 9.60. The molecule has 1 amide bonds. The molecule has 2 aromatic heterocycles. The van der Waals surface area contributed by atoms with Gasteiger partial charge in [-0.05, 0) is 39.3 Å². The average molecular weight is 418 g/mol. The molecule has 154 valence electrons. The Morgan fingerprint density at radius 2 is 2.00 bits per heavy atom. The minimum absolute atomic E-state index is 0.203. The van der Waals surface area contributed by atoms with Gasteiger partial charge in [0.2, 0.25) is 0 Å². The molecule has 29 heavy (non-hydrogen) atoms. The molecular formula is C21H24ClN3O4. The van der Waals surface area contributed by atoms with E-state index < -0.39 is 11.7 Å². The summed E-state index contributed by atoms with van der Waals surface area (Å²) in [4.78, 5) is 26.3. The van der Waals surface area contributed by atoms with Gasteiger partial charge in [-0.15, -0.1) is 0 Å². The summed E-state index contributed by atoms with van der Waals surface area (Å²) in [7, 11) is 3.55. The number of ether oxygens (including phenoxy) is 1.